The van der Waals surface area contributed by atoms with E-state index in [1.807, 2.05) is 62.4 Å². The maximum absolute atomic E-state index is 12.4. The van der Waals surface area contributed by atoms with E-state index in [0.717, 1.165) is 45.8 Å². The fourth-order valence-corrected chi connectivity index (χ4v) is 3.61. The number of aryl methyl sites for hydroxylation is 4. The van der Waals surface area contributed by atoms with E-state index >= 15 is 0 Å². The normalized spacial score (nSPS) is 11.0. The topological polar surface area (TPSA) is 74.8 Å². The summed E-state index contributed by atoms with van der Waals surface area (Å²) in [7, 11) is 1.58. The molecular formula is C24H25N5O2. The fourth-order valence-electron chi connectivity index (χ4n) is 3.61. The molecule has 0 N–H and O–H groups in total. The summed E-state index contributed by atoms with van der Waals surface area (Å²) in [6.07, 6.45) is 0.818. The maximum Gasteiger partial charge on any atom is 0.368 e. The van der Waals surface area contributed by atoms with Crippen molar-refractivity contribution < 1.29 is 4.74 Å². The van der Waals surface area contributed by atoms with Gasteiger partial charge in [0.2, 0.25) is 0 Å². The van der Waals surface area contributed by atoms with Crippen LogP contribution in [0, 0.1) is 13.8 Å². The van der Waals surface area contributed by atoms with Crippen molar-refractivity contribution >= 4 is 0 Å². The number of aromatic nitrogens is 5. The lowest BCUT2D eigenvalue weighted by Crippen LogP contribution is -2.23. The Morgan fingerprint density at radius 3 is 2.48 bits per heavy atom. The van der Waals surface area contributed by atoms with Gasteiger partial charge in [-0.15, -0.1) is 0 Å². The van der Waals surface area contributed by atoms with Crippen LogP contribution in [0.3, 0.4) is 0 Å². The molecule has 7 nitrogen and oxygen atoms in total. The molecule has 0 unspecified atom stereocenters. The highest BCUT2D eigenvalue weighted by molar-refractivity contribution is 5.62. The molecule has 4 rings (SSSR count). The summed E-state index contributed by atoms with van der Waals surface area (Å²) in [5.74, 6) is 0.791. The molecule has 0 spiro atoms. The summed E-state index contributed by atoms with van der Waals surface area (Å²) in [6, 6.07) is 17.9. The average molecular weight is 415 g/mol. The van der Waals surface area contributed by atoms with Crippen molar-refractivity contribution in [3.8, 4) is 22.7 Å². The molecule has 0 bridgehead atoms. The first-order valence-corrected chi connectivity index (χ1v) is 10.3. The van der Waals surface area contributed by atoms with E-state index in [1.54, 1.807) is 7.05 Å². The number of ether oxygens (including phenoxy) is 1. The van der Waals surface area contributed by atoms with E-state index in [9.17, 15) is 4.79 Å². The smallest absolute Gasteiger partial charge is 0.368 e. The minimum Gasteiger partial charge on any atom is -0.489 e. The molecule has 0 radical (unpaired) electrons. The van der Waals surface area contributed by atoms with Crippen LogP contribution >= 0.6 is 0 Å². The molecule has 2 aromatic carbocycles. The second-order valence-electron chi connectivity index (χ2n) is 7.50. The Morgan fingerprint density at radius 1 is 1.00 bits per heavy atom. The molecule has 0 saturated heterocycles. The molecule has 0 fully saturated rings. The molecular weight excluding hydrogens is 390 g/mol. The molecule has 158 valence electrons. The number of pyridine rings is 1. The third kappa shape index (κ3) is 4.12. The van der Waals surface area contributed by atoms with Crippen LogP contribution in [0.1, 0.15) is 29.3 Å². The van der Waals surface area contributed by atoms with Gasteiger partial charge in [0.1, 0.15) is 12.4 Å². The van der Waals surface area contributed by atoms with E-state index in [2.05, 4.69) is 28.4 Å². The van der Waals surface area contributed by atoms with Crippen molar-refractivity contribution in [3.63, 3.8) is 0 Å². The van der Waals surface area contributed by atoms with Crippen LogP contribution in [0.2, 0.25) is 0 Å². The summed E-state index contributed by atoms with van der Waals surface area (Å²) in [6.45, 7) is 6.41. The van der Waals surface area contributed by atoms with Crippen molar-refractivity contribution in [2.45, 2.75) is 33.8 Å². The van der Waals surface area contributed by atoms with Gasteiger partial charge in [-0.2, -0.15) is 9.36 Å². The van der Waals surface area contributed by atoms with Crippen molar-refractivity contribution in [3.05, 3.63) is 87.5 Å². The van der Waals surface area contributed by atoms with Gasteiger partial charge in [-0.25, -0.2) is 4.79 Å². The van der Waals surface area contributed by atoms with Crippen LogP contribution in [-0.4, -0.2) is 24.8 Å². The molecule has 0 aliphatic heterocycles. The third-order valence-corrected chi connectivity index (χ3v) is 5.31. The maximum atomic E-state index is 12.4. The van der Waals surface area contributed by atoms with Crippen LogP contribution in [0.25, 0.3) is 16.9 Å². The monoisotopic (exact) mass is 415 g/mol. The highest BCUT2D eigenvalue weighted by atomic mass is 16.5. The van der Waals surface area contributed by atoms with Crippen molar-refractivity contribution in [1.29, 1.82) is 0 Å². The molecule has 2 heterocycles. The van der Waals surface area contributed by atoms with E-state index < -0.39 is 0 Å². The van der Waals surface area contributed by atoms with E-state index in [0.29, 0.717) is 12.3 Å². The third-order valence-electron chi connectivity index (χ3n) is 5.31. The van der Waals surface area contributed by atoms with Crippen molar-refractivity contribution in [2.75, 3.05) is 0 Å². The van der Waals surface area contributed by atoms with Crippen LogP contribution < -0.4 is 10.4 Å². The van der Waals surface area contributed by atoms with E-state index in [-0.39, 0.29) is 5.69 Å². The van der Waals surface area contributed by atoms with Gasteiger partial charge in [0.05, 0.1) is 11.4 Å². The lowest BCUT2D eigenvalue weighted by Gasteiger charge is -2.16. The number of hydrogen-bond acceptors (Lipinski definition) is 5. The zero-order chi connectivity index (χ0) is 22.0. The Hall–Kier alpha value is -3.74. The SMILES string of the molecule is CCc1cccc(-n2nnn(C)c2=O)c1COc1ccc(-c2cccc(C)n2)cc1C. The Kier molecular flexibility index (Phi) is 5.66. The van der Waals surface area contributed by atoms with Crippen LogP contribution in [0.15, 0.2) is 59.4 Å². The lowest BCUT2D eigenvalue weighted by molar-refractivity contribution is 0.302. The molecule has 31 heavy (non-hydrogen) atoms. The van der Waals surface area contributed by atoms with Gasteiger partial charge >= 0.3 is 5.69 Å². The van der Waals surface area contributed by atoms with Crippen LogP contribution in [-0.2, 0) is 20.1 Å². The highest BCUT2D eigenvalue weighted by Gasteiger charge is 2.15. The van der Waals surface area contributed by atoms with Crippen molar-refractivity contribution in [1.82, 2.24) is 24.8 Å². The molecule has 0 amide bonds. The number of hydrogen-bond donors (Lipinski definition) is 0. The van der Waals surface area contributed by atoms with Gasteiger partial charge in [0.25, 0.3) is 0 Å². The fraction of sp³-hybridized carbons (Fsp3) is 0.250. The van der Waals surface area contributed by atoms with Gasteiger partial charge < -0.3 is 4.74 Å². The molecule has 4 aromatic rings. The van der Waals surface area contributed by atoms with Gasteiger partial charge in [0.15, 0.2) is 0 Å². The average Bonchev–Trinajstić information content (AvgIpc) is 3.10. The van der Waals surface area contributed by atoms with Crippen LogP contribution in [0.5, 0.6) is 5.75 Å². The number of rotatable bonds is 6. The molecule has 0 saturated carbocycles. The van der Waals surface area contributed by atoms with Gasteiger partial charge in [-0.05, 0) is 78.2 Å². The number of benzene rings is 2. The summed E-state index contributed by atoms with van der Waals surface area (Å²) in [5, 5.41) is 7.84. The Morgan fingerprint density at radius 2 is 1.81 bits per heavy atom. The minimum absolute atomic E-state index is 0.291. The van der Waals surface area contributed by atoms with Crippen LogP contribution in [0.4, 0.5) is 0 Å². The summed E-state index contributed by atoms with van der Waals surface area (Å²) in [4.78, 5) is 17.0. The zero-order valence-corrected chi connectivity index (χ0v) is 18.2. The van der Waals surface area contributed by atoms with E-state index in [4.69, 9.17) is 4.74 Å². The summed E-state index contributed by atoms with van der Waals surface area (Å²) < 4.78 is 8.73. The summed E-state index contributed by atoms with van der Waals surface area (Å²) >= 11 is 0. The summed E-state index contributed by atoms with van der Waals surface area (Å²) in [5.41, 5.74) is 6.43. The van der Waals surface area contributed by atoms with Crippen molar-refractivity contribution in [2.24, 2.45) is 7.05 Å². The first-order valence-electron chi connectivity index (χ1n) is 10.3. The minimum atomic E-state index is -0.291. The standard InChI is InChI=1S/C24H25N5O2/c1-5-18-9-7-11-22(29-24(30)28(4)26-27-29)20(18)15-31-23-13-12-19(14-16(23)2)21-10-6-8-17(3)25-21/h6-14H,5,15H2,1-4H3. The second kappa shape index (κ2) is 8.55. The predicted molar refractivity (Wildman–Crippen MR) is 119 cm³/mol. The zero-order valence-electron chi connectivity index (χ0n) is 18.2. The van der Waals surface area contributed by atoms with E-state index in [1.165, 1.54) is 9.36 Å². The Labute approximate surface area is 180 Å². The quantitative estimate of drug-likeness (QED) is 0.479. The molecule has 2 aromatic heterocycles. The lowest BCUT2D eigenvalue weighted by atomic mass is 10.0. The number of tetrazole rings is 1. The largest absolute Gasteiger partial charge is 0.489 e. The molecule has 7 heteroatoms. The van der Waals surface area contributed by atoms with Gasteiger partial charge in [0, 0.05) is 23.9 Å². The Balaban J connectivity index is 1.64. The Bertz CT molecular complexity index is 1290. The first-order chi connectivity index (χ1) is 15.0. The second-order valence-corrected chi connectivity index (χ2v) is 7.50. The van der Waals surface area contributed by atoms with Gasteiger partial charge in [-0.3, -0.25) is 4.98 Å². The first kappa shape index (κ1) is 20.5. The predicted octanol–water partition coefficient (Wildman–Crippen LogP) is 3.79. The molecule has 0 aliphatic carbocycles. The highest BCUT2D eigenvalue weighted by Crippen LogP contribution is 2.27. The molecule has 0 atom stereocenters. The number of nitrogens with zero attached hydrogens (tertiary/aromatic N) is 5. The molecule has 0 aliphatic rings. The van der Waals surface area contributed by atoms with Gasteiger partial charge in [-0.1, -0.05) is 25.1 Å².